The van der Waals surface area contributed by atoms with Crippen molar-refractivity contribution in [1.82, 2.24) is 29.6 Å². The van der Waals surface area contributed by atoms with E-state index in [0.29, 0.717) is 6.42 Å². The average Bonchev–Trinajstić information content (AvgIpc) is 3.17. The number of rotatable bonds is 3. The maximum Gasteiger partial charge on any atom is 0.234 e. The molecule has 24 heavy (non-hydrogen) atoms. The lowest BCUT2D eigenvalue weighted by Gasteiger charge is -1.99. The van der Waals surface area contributed by atoms with Gasteiger partial charge in [0, 0.05) is 19.2 Å². The Hall–Kier alpha value is -2.61. The Morgan fingerprint density at radius 3 is 2.50 bits per heavy atom. The Kier molecular flexibility index (Phi) is 3.42. The van der Waals surface area contributed by atoms with Crippen LogP contribution in [-0.4, -0.2) is 29.6 Å². The molecule has 0 aliphatic carbocycles. The molecular weight excluding hydrogens is 327 g/mol. The summed E-state index contributed by atoms with van der Waals surface area (Å²) in [5.74, 6) is 0.488. The molecule has 6 nitrogen and oxygen atoms in total. The number of nitrogens with zero attached hydrogens (tertiary/aromatic N) is 6. The summed E-state index contributed by atoms with van der Waals surface area (Å²) in [6, 6.07) is 6.39. The number of hydrogen-bond donors (Lipinski definition) is 0. The highest BCUT2D eigenvalue weighted by Gasteiger charge is 2.19. The highest BCUT2D eigenvalue weighted by atomic mass is 32.1. The monoisotopic (exact) mass is 342 g/mol. The minimum Gasteiger partial charge on any atom is -0.272 e. The first kappa shape index (κ1) is 14.9. The average molecular weight is 342 g/mol. The van der Waals surface area contributed by atoms with Crippen LogP contribution in [0.15, 0.2) is 24.3 Å². The summed E-state index contributed by atoms with van der Waals surface area (Å²) < 4.78 is 16.6. The molecule has 0 spiro atoms. The van der Waals surface area contributed by atoms with Crippen LogP contribution in [0, 0.1) is 19.7 Å². The summed E-state index contributed by atoms with van der Waals surface area (Å²) in [6.45, 7) is 4.00. The van der Waals surface area contributed by atoms with Crippen LogP contribution in [0.4, 0.5) is 4.39 Å². The van der Waals surface area contributed by atoms with Gasteiger partial charge in [0.05, 0.1) is 11.3 Å². The topological polar surface area (TPSA) is 60.9 Å². The molecule has 0 bridgehead atoms. The second kappa shape index (κ2) is 5.48. The van der Waals surface area contributed by atoms with Crippen LogP contribution >= 0.6 is 11.3 Å². The number of aryl methyl sites for hydroxylation is 2. The van der Waals surface area contributed by atoms with Gasteiger partial charge < -0.3 is 0 Å². The fourth-order valence-corrected chi connectivity index (χ4v) is 3.74. The molecule has 0 saturated carbocycles. The van der Waals surface area contributed by atoms with E-state index in [1.54, 1.807) is 16.6 Å². The fourth-order valence-electron chi connectivity index (χ4n) is 2.74. The SMILES string of the molecule is Cc1nn(C)c(C)c1-c1nn2c(Cc3ccc(F)cc3)nnc2s1. The van der Waals surface area contributed by atoms with Crippen LogP contribution in [0.5, 0.6) is 0 Å². The molecule has 0 amide bonds. The van der Waals surface area contributed by atoms with Gasteiger partial charge in [0.15, 0.2) is 10.8 Å². The van der Waals surface area contributed by atoms with Crippen molar-refractivity contribution >= 4 is 16.3 Å². The third-order valence-corrected chi connectivity index (χ3v) is 4.97. The van der Waals surface area contributed by atoms with E-state index < -0.39 is 0 Å². The zero-order valence-corrected chi connectivity index (χ0v) is 14.3. The standard InChI is InChI=1S/C16H15FN6S/c1-9-14(10(2)22(3)20-9)15-21-23-13(18-19-16(23)24-15)8-11-4-6-12(17)7-5-11/h4-7H,8H2,1-3H3. The van der Waals surface area contributed by atoms with E-state index in [-0.39, 0.29) is 5.82 Å². The second-order valence-electron chi connectivity index (χ2n) is 5.69. The van der Waals surface area contributed by atoms with Gasteiger partial charge in [0.1, 0.15) is 5.82 Å². The summed E-state index contributed by atoms with van der Waals surface area (Å²) in [4.78, 5) is 0.741. The quantitative estimate of drug-likeness (QED) is 0.574. The zero-order valence-electron chi connectivity index (χ0n) is 13.5. The van der Waals surface area contributed by atoms with E-state index in [0.717, 1.165) is 38.3 Å². The van der Waals surface area contributed by atoms with Crippen molar-refractivity contribution in [2.75, 3.05) is 0 Å². The van der Waals surface area contributed by atoms with Gasteiger partial charge in [-0.05, 0) is 31.5 Å². The molecule has 0 unspecified atom stereocenters. The van der Waals surface area contributed by atoms with E-state index >= 15 is 0 Å². The molecule has 0 atom stereocenters. The molecule has 0 fully saturated rings. The minimum atomic E-state index is -0.247. The summed E-state index contributed by atoms with van der Waals surface area (Å²) in [5.41, 5.74) is 4.02. The van der Waals surface area contributed by atoms with Gasteiger partial charge in [0.25, 0.3) is 0 Å². The summed E-state index contributed by atoms with van der Waals surface area (Å²) in [5, 5.41) is 18.4. The Morgan fingerprint density at radius 2 is 1.83 bits per heavy atom. The van der Waals surface area contributed by atoms with E-state index in [2.05, 4.69) is 20.4 Å². The van der Waals surface area contributed by atoms with Crippen molar-refractivity contribution in [3.63, 3.8) is 0 Å². The highest BCUT2D eigenvalue weighted by molar-refractivity contribution is 7.19. The zero-order chi connectivity index (χ0) is 16.8. The number of halogens is 1. The normalized spacial score (nSPS) is 11.5. The predicted molar refractivity (Wildman–Crippen MR) is 89.5 cm³/mol. The molecule has 1 aromatic carbocycles. The van der Waals surface area contributed by atoms with E-state index in [1.165, 1.54) is 23.5 Å². The fraction of sp³-hybridized carbons (Fsp3) is 0.250. The number of benzene rings is 1. The van der Waals surface area contributed by atoms with Gasteiger partial charge in [-0.15, -0.1) is 10.2 Å². The van der Waals surface area contributed by atoms with Crippen LogP contribution < -0.4 is 0 Å². The maximum atomic E-state index is 13.0. The van der Waals surface area contributed by atoms with E-state index in [9.17, 15) is 4.39 Å². The smallest absolute Gasteiger partial charge is 0.234 e. The molecule has 0 aliphatic heterocycles. The van der Waals surface area contributed by atoms with Crippen molar-refractivity contribution < 1.29 is 4.39 Å². The first-order valence-corrected chi connectivity index (χ1v) is 8.30. The lowest BCUT2D eigenvalue weighted by Crippen LogP contribution is -1.98. The van der Waals surface area contributed by atoms with Gasteiger partial charge in [-0.25, -0.2) is 4.39 Å². The Labute approximate surface area is 141 Å². The number of fused-ring (bicyclic) bond motifs is 1. The van der Waals surface area contributed by atoms with Crippen molar-refractivity contribution in [2.24, 2.45) is 7.05 Å². The van der Waals surface area contributed by atoms with Crippen LogP contribution in [0.25, 0.3) is 15.5 Å². The van der Waals surface area contributed by atoms with Crippen molar-refractivity contribution in [3.05, 3.63) is 52.9 Å². The first-order chi connectivity index (χ1) is 11.5. The molecule has 3 aromatic heterocycles. The number of aromatic nitrogens is 6. The summed E-state index contributed by atoms with van der Waals surface area (Å²) in [7, 11) is 1.92. The van der Waals surface area contributed by atoms with Crippen molar-refractivity contribution in [1.29, 1.82) is 0 Å². The molecule has 8 heteroatoms. The molecule has 0 N–H and O–H groups in total. The van der Waals surface area contributed by atoms with Crippen molar-refractivity contribution in [3.8, 4) is 10.6 Å². The molecule has 122 valence electrons. The number of hydrogen-bond acceptors (Lipinski definition) is 5. The summed E-state index contributed by atoms with van der Waals surface area (Å²) >= 11 is 1.49. The molecule has 0 radical (unpaired) electrons. The molecular formula is C16H15FN6S. The van der Waals surface area contributed by atoms with Gasteiger partial charge in [-0.2, -0.15) is 14.7 Å². The van der Waals surface area contributed by atoms with E-state index in [4.69, 9.17) is 0 Å². The van der Waals surface area contributed by atoms with Crippen LogP contribution in [0.1, 0.15) is 22.8 Å². The van der Waals surface area contributed by atoms with Crippen molar-refractivity contribution in [2.45, 2.75) is 20.3 Å². The lowest BCUT2D eigenvalue weighted by atomic mass is 10.1. The Balaban J connectivity index is 1.74. The molecule has 4 aromatic rings. The largest absolute Gasteiger partial charge is 0.272 e. The van der Waals surface area contributed by atoms with Crippen LogP contribution in [0.2, 0.25) is 0 Å². The van der Waals surface area contributed by atoms with Crippen LogP contribution in [0.3, 0.4) is 0 Å². The Bertz CT molecular complexity index is 1030. The minimum absolute atomic E-state index is 0.247. The first-order valence-electron chi connectivity index (χ1n) is 7.49. The molecule has 0 saturated heterocycles. The van der Waals surface area contributed by atoms with Gasteiger partial charge >= 0.3 is 0 Å². The van der Waals surface area contributed by atoms with E-state index in [1.807, 2.05) is 25.6 Å². The van der Waals surface area contributed by atoms with Crippen LogP contribution in [-0.2, 0) is 13.5 Å². The van der Waals surface area contributed by atoms with Gasteiger partial charge in [-0.1, -0.05) is 23.5 Å². The Morgan fingerprint density at radius 1 is 1.08 bits per heavy atom. The highest BCUT2D eigenvalue weighted by Crippen LogP contribution is 2.30. The molecule has 4 rings (SSSR count). The third kappa shape index (κ3) is 2.39. The van der Waals surface area contributed by atoms with Gasteiger partial charge in [-0.3, -0.25) is 4.68 Å². The maximum absolute atomic E-state index is 13.0. The summed E-state index contributed by atoms with van der Waals surface area (Å²) in [6.07, 6.45) is 0.551. The lowest BCUT2D eigenvalue weighted by molar-refractivity contribution is 0.627. The third-order valence-electron chi connectivity index (χ3n) is 4.05. The second-order valence-corrected chi connectivity index (χ2v) is 6.65. The predicted octanol–water partition coefficient (Wildman–Crippen LogP) is 2.93. The molecule has 3 heterocycles. The molecule has 0 aliphatic rings. The van der Waals surface area contributed by atoms with Gasteiger partial charge in [0.2, 0.25) is 4.96 Å².